The zero-order chi connectivity index (χ0) is 13.9. The Balaban J connectivity index is 1.89. The van der Waals surface area contributed by atoms with Gasteiger partial charge >= 0.3 is 0 Å². The Morgan fingerprint density at radius 1 is 0.950 bits per heavy atom. The van der Waals surface area contributed by atoms with E-state index >= 15 is 0 Å². The molecule has 0 spiro atoms. The van der Waals surface area contributed by atoms with E-state index in [0.717, 1.165) is 11.1 Å². The third kappa shape index (κ3) is 2.65. The van der Waals surface area contributed by atoms with E-state index in [1.165, 1.54) is 5.56 Å². The van der Waals surface area contributed by atoms with Gasteiger partial charge in [-0.3, -0.25) is 0 Å². The molecule has 3 aromatic rings. The largest absolute Gasteiger partial charge is 0.419 e. The van der Waals surface area contributed by atoms with Gasteiger partial charge in [0.25, 0.3) is 0 Å². The molecule has 1 atom stereocenters. The molecule has 3 nitrogen and oxygen atoms in total. The van der Waals surface area contributed by atoms with Crippen molar-refractivity contribution in [3.05, 3.63) is 71.6 Å². The minimum Gasteiger partial charge on any atom is -0.419 e. The highest BCUT2D eigenvalue weighted by atomic mass is 79.9. The molecular weight excluding hydrogens is 316 g/mol. The molecule has 0 saturated heterocycles. The number of benzene rings is 2. The lowest BCUT2D eigenvalue weighted by Gasteiger charge is -2.04. The van der Waals surface area contributed by atoms with Gasteiger partial charge in [0.05, 0.1) is 0 Å². The second kappa shape index (κ2) is 5.59. The zero-order valence-electron chi connectivity index (χ0n) is 11.0. The SMILES string of the molecule is Cc1ccc(-c2nnc(C(Br)c3ccccc3)o2)cc1. The van der Waals surface area contributed by atoms with E-state index < -0.39 is 0 Å². The maximum Gasteiger partial charge on any atom is 0.247 e. The van der Waals surface area contributed by atoms with Gasteiger partial charge in [-0.2, -0.15) is 0 Å². The molecule has 0 amide bonds. The van der Waals surface area contributed by atoms with Gasteiger partial charge in [0.1, 0.15) is 4.83 Å². The lowest BCUT2D eigenvalue weighted by molar-refractivity contribution is 0.517. The number of hydrogen-bond acceptors (Lipinski definition) is 3. The van der Waals surface area contributed by atoms with Crippen LogP contribution in [-0.2, 0) is 0 Å². The first-order chi connectivity index (χ1) is 9.74. The van der Waals surface area contributed by atoms with E-state index in [-0.39, 0.29) is 4.83 Å². The van der Waals surface area contributed by atoms with E-state index in [1.54, 1.807) is 0 Å². The molecule has 0 radical (unpaired) electrons. The summed E-state index contributed by atoms with van der Waals surface area (Å²) in [5.41, 5.74) is 3.23. The van der Waals surface area contributed by atoms with E-state index in [9.17, 15) is 0 Å². The number of aryl methyl sites for hydroxylation is 1. The third-order valence-electron chi connectivity index (χ3n) is 3.05. The second-order valence-electron chi connectivity index (χ2n) is 4.58. The van der Waals surface area contributed by atoms with Gasteiger partial charge in [-0.05, 0) is 24.6 Å². The van der Waals surface area contributed by atoms with Gasteiger partial charge in [0, 0.05) is 5.56 Å². The average molecular weight is 329 g/mol. The second-order valence-corrected chi connectivity index (χ2v) is 5.50. The molecule has 0 saturated carbocycles. The number of hydrogen-bond donors (Lipinski definition) is 0. The molecule has 0 aliphatic carbocycles. The Bertz CT molecular complexity index is 692. The summed E-state index contributed by atoms with van der Waals surface area (Å²) < 4.78 is 5.76. The first-order valence-corrected chi connectivity index (χ1v) is 7.25. The van der Waals surface area contributed by atoms with Crippen molar-refractivity contribution < 1.29 is 4.42 Å². The fraction of sp³-hybridized carbons (Fsp3) is 0.125. The molecule has 2 aromatic carbocycles. The fourth-order valence-corrected chi connectivity index (χ4v) is 2.40. The van der Waals surface area contributed by atoms with Crippen LogP contribution >= 0.6 is 15.9 Å². The maximum absolute atomic E-state index is 5.76. The molecular formula is C16H13BrN2O. The number of alkyl halides is 1. The molecule has 3 rings (SSSR count). The van der Waals surface area contributed by atoms with Crippen LogP contribution in [0.15, 0.2) is 59.0 Å². The topological polar surface area (TPSA) is 38.9 Å². The van der Waals surface area contributed by atoms with Gasteiger partial charge < -0.3 is 4.42 Å². The zero-order valence-corrected chi connectivity index (χ0v) is 12.5. The Morgan fingerprint density at radius 2 is 1.65 bits per heavy atom. The predicted octanol–water partition coefficient (Wildman–Crippen LogP) is 4.53. The minimum absolute atomic E-state index is 0.0876. The number of aromatic nitrogens is 2. The molecule has 1 unspecified atom stereocenters. The fourth-order valence-electron chi connectivity index (χ4n) is 1.91. The smallest absolute Gasteiger partial charge is 0.247 e. The molecule has 0 N–H and O–H groups in total. The molecule has 0 aliphatic heterocycles. The monoisotopic (exact) mass is 328 g/mol. The van der Waals surface area contributed by atoms with Gasteiger partial charge in [-0.1, -0.05) is 64.0 Å². The van der Waals surface area contributed by atoms with Crippen molar-refractivity contribution in [2.45, 2.75) is 11.8 Å². The number of rotatable bonds is 3. The molecule has 20 heavy (non-hydrogen) atoms. The van der Waals surface area contributed by atoms with Crippen molar-refractivity contribution >= 4 is 15.9 Å². The highest BCUT2D eigenvalue weighted by Crippen LogP contribution is 2.31. The van der Waals surface area contributed by atoms with Crippen LogP contribution in [0, 0.1) is 6.92 Å². The van der Waals surface area contributed by atoms with Crippen LogP contribution in [-0.4, -0.2) is 10.2 Å². The van der Waals surface area contributed by atoms with Gasteiger partial charge in [-0.25, -0.2) is 0 Å². The Labute approximate surface area is 125 Å². The first-order valence-electron chi connectivity index (χ1n) is 6.33. The Morgan fingerprint density at radius 3 is 2.35 bits per heavy atom. The van der Waals surface area contributed by atoms with Crippen molar-refractivity contribution in [1.82, 2.24) is 10.2 Å². The molecule has 0 fully saturated rings. The first kappa shape index (κ1) is 13.1. The van der Waals surface area contributed by atoms with Crippen LogP contribution in [0.25, 0.3) is 11.5 Å². The summed E-state index contributed by atoms with van der Waals surface area (Å²) in [5, 5.41) is 8.24. The van der Waals surface area contributed by atoms with E-state index in [2.05, 4.69) is 26.1 Å². The van der Waals surface area contributed by atoms with Crippen LogP contribution in [0.2, 0.25) is 0 Å². The predicted molar refractivity (Wildman–Crippen MR) is 81.7 cm³/mol. The molecule has 4 heteroatoms. The molecule has 0 aliphatic rings. The van der Waals surface area contributed by atoms with Crippen molar-refractivity contribution in [1.29, 1.82) is 0 Å². The highest BCUT2D eigenvalue weighted by Gasteiger charge is 2.18. The summed E-state index contributed by atoms with van der Waals surface area (Å²) in [6, 6.07) is 18.0. The molecule has 1 heterocycles. The van der Waals surface area contributed by atoms with Crippen LogP contribution in [0.4, 0.5) is 0 Å². The van der Waals surface area contributed by atoms with Crippen LogP contribution in [0.3, 0.4) is 0 Å². The van der Waals surface area contributed by atoms with Crippen molar-refractivity contribution in [2.75, 3.05) is 0 Å². The van der Waals surface area contributed by atoms with Crippen molar-refractivity contribution in [3.63, 3.8) is 0 Å². The van der Waals surface area contributed by atoms with Gasteiger partial charge in [0.2, 0.25) is 11.8 Å². The molecule has 0 bridgehead atoms. The Hall–Kier alpha value is -1.94. The molecule has 100 valence electrons. The number of nitrogens with zero attached hydrogens (tertiary/aromatic N) is 2. The van der Waals surface area contributed by atoms with Crippen LogP contribution in [0.1, 0.15) is 21.8 Å². The van der Waals surface area contributed by atoms with Gasteiger partial charge in [-0.15, -0.1) is 10.2 Å². The third-order valence-corrected chi connectivity index (χ3v) is 3.97. The van der Waals surface area contributed by atoms with Crippen LogP contribution < -0.4 is 0 Å². The van der Waals surface area contributed by atoms with Crippen molar-refractivity contribution in [2.24, 2.45) is 0 Å². The lowest BCUT2D eigenvalue weighted by atomic mass is 10.1. The standard InChI is InChI=1S/C16H13BrN2O/c1-11-7-9-13(10-8-11)15-18-19-16(20-15)14(17)12-5-3-2-4-6-12/h2-10,14H,1H3. The summed E-state index contributed by atoms with van der Waals surface area (Å²) >= 11 is 3.60. The van der Waals surface area contributed by atoms with Gasteiger partial charge in [0.15, 0.2) is 0 Å². The van der Waals surface area contributed by atoms with E-state index in [0.29, 0.717) is 11.8 Å². The van der Waals surface area contributed by atoms with E-state index in [1.807, 2.05) is 61.5 Å². The minimum atomic E-state index is -0.0876. The summed E-state index contributed by atoms with van der Waals surface area (Å²) in [6.07, 6.45) is 0. The highest BCUT2D eigenvalue weighted by molar-refractivity contribution is 9.09. The quantitative estimate of drug-likeness (QED) is 0.663. The van der Waals surface area contributed by atoms with Crippen molar-refractivity contribution in [3.8, 4) is 11.5 Å². The summed E-state index contributed by atoms with van der Waals surface area (Å²) in [5.74, 6) is 1.10. The Kier molecular flexibility index (Phi) is 3.65. The van der Waals surface area contributed by atoms with E-state index in [4.69, 9.17) is 4.42 Å². The summed E-state index contributed by atoms with van der Waals surface area (Å²) in [6.45, 7) is 2.05. The number of halogens is 1. The van der Waals surface area contributed by atoms with Crippen LogP contribution in [0.5, 0.6) is 0 Å². The summed E-state index contributed by atoms with van der Waals surface area (Å²) in [7, 11) is 0. The molecule has 1 aromatic heterocycles. The summed E-state index contributed by atoms with van der Waals surface area (Å²) in [4.78, 5) is -0.0876. The maximum atomic E-state index is 5.76. The average Bonchev–Trinajstić information content (AvgIpc) is 2.98. The lowest BCUT2D eigenvalue weighted by Crippen LogP contribution is -1.92. The normalized spacial score (nSPS) is 12.3.